The number of hydrogen-bond donors (Lipinski definition) is 0. The highest BCUT2D eigenvalue weighted by molar-refractivity contribution is 5.88. The van der Waals surface area contributed by atoms with Gasteiger partial charge in [0, 0.05) is 11.1 Å². The third kappa shape index (κ3) is 4.33. The van der Waals surface area contributed by atoms with Crippen molar-refractivity contribution in [3.63, 3.8) is 0 Å². The number of carbonyl (C=O) groups is 1. The predicted molar refractivity (Wildman–Crippen MR) is 92.5 cm³/mol. The lowest BCUT2D eigenvalue weighted by Crippen LogP contribution is -2.09. The van der Waals surface area contributed by atoms with Crippen LogP contribution in [-0.4, -0.2) is 12.6 Å². The molecule has 136 valence electrons. The Morgan fingerprint density at radius 1 is 1.00 bits per heavy atom. The Hall–Kier alpha value is -3.02. The molecule has 0 heterocycles. The second-order valence-corrected chi connectivity index (χ2v) is 5.80. The van der Waals surface area contributed by atoms with Crippen LogP contribution < -0.4 is 9.47 Å². The third-order valence-corrected chi connectivity index (χ3v) is 3.31. The van der Waals surface area contributed by atoms with Crippen molar-refractivity contribution >= 4 is 5.97 Å². The molecule has 2 aromatic carbocycles. The molecule has 0 fully saturated rings. The highest BCUT2D eigenvalue weighted by atomic mass is 19.2. The minimum atomic E-state index is -1.18. The van der Waals surface area contributed by atoms with Crippen LogP contribution in [-0.2, 0) is 4.79 Å². The standard InChI is InChI=1S/C20H17F3O3/c1-11(2)10-25-17-8-6-14(18(22)19(17)23)13-5-7-16(15(21)9-13)26-20(24)12(3)4/h5-9H,1,3,10H2,2,4H3. The molecule has 0 N–H and O–H groups in total. The zero-order chi connectivity index (χ0) is 19.4. The molecule has 6 heteroatoms. The van der Waals surface area contributed by atoms with E-state index in [0.717, 1.165) is 12.1 Å². The number of benzene rings is 2. The van der Waals surface area contributed by atoms with Gasteiger partial charge in [-0.05, 0) is 49.2 Å². The number of carbonyl (C=O) groups excluding carboxylic acids is 1. The summed E-state index contributed by atoms with van der Waals surface area (Å²) in [6.45, 7) is 10.2. The SMILES string of the molecule is C=C(C)COc1ccc(-c2ccc(OC(=O)C(=C)C)c(F)c2)c(F)c1F. The van der Waals surface area contributed by atoms with Crippen LogP contribution in [0, 0.1) is 17.5 Å². The topological polar surface area (TPSA) is 35.5 Å². The van der Waals surface area contributed by atoms with Crippen molar-refractivity contribution in [1.29, 1.82) is 0 Å². The monoisotopic (exact) mass is 362 g/mol. The molecule has 0 bridgehead atoms. The van der Waals surface area contributed by atoms with Crippen molar-refractivity contribution in [3.8, 4) is 22.6 Å². The van der Waals surface area contributed by atoms with Crippen LogP contribution in [0.2, 0.25) is 0 Å². The predicted octanol–water partition coefficient (Wildman–Crippen LogP) is 5.21. The molecule has 0 saturated heterocycles. The molecule has 0 amide bonds. The zero-order valence-electron chi connectivity index (χ0n) is 14.4. The molecular formula is C20H17F3O3. The molecule has 0 atom stereocenters. The Morgan fingerprint density at radius 3 is 2.23 bits per heavy atom. The van der Waals surface area contributed by atoms with E-state index in [0.29, 0.717) is 5.57 Å². The van der Waals surface area contributed by atoms with Gasteiger partial charge in [0.2, 0.25) is 5.82 Å². The lowest BCUT2D eigenvalue weighted by molar-refractivity contribution is -0.130. The van der Waals surface area contributed by atoms with Crippen LogP contribution in [0.3, 0.4) is 0 Å². The van der Waals surface area contributed by atoms with E-state index in [1.165, 1.54) is 25.1 Å². The van der Waals surface area contributed by atoms with Gasteiger partial charge < -0.3 is 9.47 Å². The summed E-state index contributed by atoms with van der Waals surface area (Å²) in [5.74, 6) is -4.62. The first-order valence-electron chi connectivity index (χ1n) is 7.63. The van der Waals surface area contributed by atoms with Gasteiger partial charge in [0.15, 0.2) is 23.1 Å². The van der Waals surface area contributed by atoms with Crippen LogP contribution in [0.4, 0.5) is 13.2 Å². The maximum Gasteiger partial charge on any atom is 0.338 e. The van der Waals surface area contributed by atoms with E-state index >= 15 is 0 Å². The van der Waals surface area contributed by atoms with E-state index in [1.807, 2.05) is 0 Å². The number of ether oxygens (including phenoxy) is 2. The lowest BCUT2D eigenvalue weighted by atomic mass is 10.0. The molecule has 0 aliphatic carbocycles. The maximum atomic E-state index is 14.3. The van der Waals surface area contributed by atoms with Gasteiger partial charge in [0.05, 0.1) is 0 Å². The Morgan fingerprint density at radius 2 is 1.65 bits per heavy atom. The molecule has 0 unspecified atom stereocenters. The summed E-state index contributed by atoms with van der Waals surface area (Å²) in [7, 11) is 0. The second-order valence-electron chi connectivity index (χ2n) is 5.80. The van der Waals surface area contributed by atoms with Gasteiger partial charge in [-0.25, -0.2) is 13.6 Å². The summed E-state index contributed by atoms with van der Waals surface area (Å²) in [5.41, 5.74) is 0.685. The third-order valence-electron chi connectivity index (χ3n) is 3.31. The van der Waals surface area contributed by atoms with Crippen molar-refractivity contribution in [2.75, 3.05) is 6.61 Å². The van der Waals surface area contributed by atoms with E-state index in [4.69, 9.17) is 9.47 Å². The minimum absolute atomic E-state index is 0.0487. The smallest absolute Gasteiger partial charge is 0.338 e. The summed E-state index contributed by atoms with van der Waals surface area (Å²) in [6, 6.07) is 5.96. The van der Waals surface area contributed by atoms with E-state index in [2.05, 4.69) is 13.2 Å². The average molecular weight is 362 g/mol. The molecule has 0 spiro atoms. The van der Waals surface area contributed by atoms with Crippen LogP contribution in [0.5, 0.6) is 11.5 Å². The first-order valence-corrected chi connectivity index (χ1v) is 7.63. The summed E-state index contributed by atoms with van der Waals surface area (Å²) in [5, 5.41) is 0. The number of rotatable bonds is 6. The molecule has 2 rings (SSSR count). The van der Waals surface area contributed by atoms with E-state index in [-0.39, 0.29) is 34.8 Å². The van der Waals surface area contributed by atoms with Gasteiger partial charge in [0.25, 0.3) is 0 Å². The fourth-order valence-corrected chi connectivity index (χ4v) is 2.01. The van der Waals surface area contributed by atoms with Crippen molar-refractivity contribution in [1.82, 2.24) is 0 Å². The highest BCUT2D eigenvalue weighted by Crippen LogP contribution is 2.32. The quantitative estimate of drug-likeness (QED) is 0.306. The Kier molecular flexibility index (Phi) is 5.87. The molecule has 0 radical (unpaired) electrons. The average Bonchev–Trinajstić information content (AvgIpc) is 2.57. The van der Waals surface area contributed by atoms with Crippen molar-refractivity contribution in [2.45, 2.75) is 13.8 Å². The molecule has 2 aromatic rings. The van der Waals surface area contributed by atoms with E-state index < -0.39 is 23.4 Å². The number of halogens is 3. The van der Waals surface area contributed by atoms with Crippen molar-refractivity contribution in [3.05, 3.63) is 72.1 Å². The van der Waals surface area contributed by atoms with Gasteiger partial charge in [-0.3, -0.25) is 0 Å². The van der Waals surface area contributed by atoms with Crippen molar-refractivity contribution < 1.29 is 27.4 Å². The summed E-state index contributed by atoms with van der Waals surface area (Å²) in [6.07, 6.45) is 0. The van der Waals surface area contributed by atoms with Crippen LogP contribution in [0.1, 0.15) is 13.8 Å². The van der Waals surface area contributed by atoms with E-state index in [1.54, 1.807) is 6.92 Å². The highest BCUT2D eigenvalue weighted by Gasteiger charge is 2.18. The molecular weight excluding hydrogens is 345 g/mol. The first-order chi connectivity index (χ1) is 12.2. The van der Waals surface area contributed by atoms with E-state index in [9.17, 15) is 18.0 Å². The zero-order valence-corrected chi connectivity index (χ0v) is 14.4. The molecule has 3 nitrogen and oxygen atoms in total. The molecule has 0 saturated carbocycles. The minimum Gasteiger partial charge on any atom is -0.486 e. The summed E-state index contributed by atoms with van der Waals surface area (Å²) < 4.78 is 52.5. The molecule has 26 heavy (non-hydrogen) atoms. The maximum absolute atomic E-state index is 14.3. The molecule has 0 aliphatic heterocycles. The van der Waals surface area contributed by atoms with Gasteiger partial charge >= 0.3 is 5.97 Å². The van der Waals surface area contributed by atoms with Crippen molar-refractivity contribution in [2.24, 2.45) is 0 Å². The van der Waals surface area contributed by atoms with Gasteiger partial charge in [0.1, 0.15) is 6.61 Å². The first kappa shape index (κ1) is 19.3. The number of hydrogen-bond acceptors (Lipinski definition) is 3. The normalized spacial score (nSPS) is 10.3. The molecule has 0 aromatic heterocycles. The Labute approximate surface area is 149 Å². The fraction of sp³-hybridized carbons (Fsp3) is 0.150. The van der Waals surface area contributed by atoms with Crippen LogP contribution >= 0.6 is 0 Å². The van der Waals surface area contributed by atoms with Gasteiger partial charge in [-0.1, -0.05) is 19.2 Å². The Bertz CT molecular complexity index is 888. The number of esters is 1. The largest absolute Gasteiger partial charge is 0.486 e. The van der Waals surface area contributed by atoms with Gasteiger partial charge in [-0.2, -0.15) is 4.39 Å². The van der Waals surface area contributed by atoms with Crippen LogP contribution in [0.15, 0.2) is 54.6 Å². The molecule has 0 aliphatic rings. The van der Waals surface area contributed by atoms with Crippen LogP contribution in [0.25, 0.3) is 11.1 Å². The summed E-state index contributed by atoms with van der Waals surface area (Å²) >= 11 is 0. The lowest BCUT2D eigenvalue weighted by Gasteiger charge is -2.11. The Balaban J connectivity index is 2.32. The second kappa shape index (κ2) is 7.91. The fourth-order valence-electron chi connectivity index (χ4n) is 2.01. The summed E-state index contributed by atoms with van der Waals surface area (Å²) in [4.78, 5) is 11.4. The van der Waals surface area contributed by atoms with Gasteiger partial charge in [-0.15, -0.1) is 0 Å².